The third kappa shape index (κ3) is 5.45. The first-order valence-electron chi connectivity index (χ1n) is 3.66. The van der Waals surface area contributed by atoms with Crippen LogP contribution in [0.3, 0.4) is 0 Å². The largest absolute Gasteiger partial charge is 0.382 e. The molecule has 0 aliphatic heterocycles. The number of allylic oxidation sites excluding steroid dienone is 1. The molecule has 0 fully saturated rings. The summed E-state index contributed by atoms with van der Waals surface area (Å²) in [6.45, 7) is 3.99. The lowest BCUT2D eigenvalue weighted by molar-refractivity contribution is -0.105. The molecule has 0 heterocycles. The Morgan fingerprint density at radius 1 is 1.45 bits per heavy atom. The van der Waals surface area contributed by atoms with Gasteiger partial charge in [-0.25, -0.2) is 0 Å². The van der Waals surface area contributed by atoms with Gasteiger partial charge in [0.25, 0.3) is 0 Å². The first-order chi connectivity index (χ1) is 5.06. The molecule has 0 atom stereocenters. The third-order valence-electron chi connectivity index (χ3n) is 0.980. The molecule has 0 saturated heterocycles. The van der Waals surface area contributed by atoms with Crippen LogP contribution in [0.2, 0.25) is 0 Å². The quantitative estimate of drug-likeness (QED) is 0.477. The van der Waals surface area contributed by atoms with Crippen molar-refractivity contribution in [2.24, 2.45) is 0 Å². The second kappa shape index (κ2) is 4.77. The first-order valence-corrected chi connectivity index (χ1v) is 3.66. The van der Waals surface area contributed by atoms with Crippen molar-refractivity contribution in [3.05, 3.63) is 11.9 Å². The van der Waals surface area contributed by atoms with Crippen LogP contribution < -0.4 is 5.32 Å². The summed E-state index contributed by atoms with van der Waals surface area (Å²) in [5.74, 6) is 0. The summed E-state index contributed by atoms with van der Waals surface area (Å²) in [5, 5.41) is 3.01. The van der Waals surface area contributed by atoms with Gasteiger partial charge >= 0.3 is 0 Å². The predicted molar refractivity (Wildman–Crippen MR) is 46.1 cm³/mol. The van der Waals surface area contributed by atoms with Gasteiger partial charge in [-0.05, 0) is 13.8 Å². The molecule has 0 radical (unpaired) electrons. The van der Waals surface area contributed by atoms with Crippen LogP contribution in [0.4, 0.5) is 0 Å². The molecule has 0 aromatic carbocycles. The van der Waals surface area contributed by atoms with E-state index in [1.54, 1.807) is 6.20 Å². The van der Waals surface area contributed by atoms with E-state index in [1.165, 1.54) is 0 Å². The highest BCUT2D eigenvalue weighted by molar-refractivity contribution is 5.72. The minimum atomic E-state index is 0.298. The topological polar surface area (TPSA) is 32.3 Å². The van der Waals surface area contributed by atoms with Crippen molar-refractivity contribution in [2.75, 3.05) is 14.1 Å². The average Bonchev–Trinajstić information content (AvgIpc) is 1.84. The summed E-state index contributed by atoms with van der Waals surface area (Å²) in [5.41, 5.74) is 0.616. The second-order valence-corrected chi connectivity index (χ2v) is 2.96. The lowest BCUT2D eigenvalue weighted by atomic mass is 10.3. The number of hydrogen-bond donors (Lipinski definition) is 1. The normalized spacial score (nSPS) is 11.5. The molecule has 0 rings (SSSR count). The minimum absolute atomic E-state index is 0.298. The molecule has 0 saturated carbocycles. The van der Waals surface area contributed by atoms with Crippen molar-refractivity contribution < 1.29 is 4.79 Å². The van der Waals surface area contributed by atoms with Crippen molar-refractivity contribution in [2.45, 2.75) is 19.9 Å². The molecular weight excluding hydrogens is 140 g/mol. The van der Waals surface area contributed by atoms with Crippen LogP contribution in [0.5, 0.6) is 0 Å². The molecule has 3 nitrogen and oxygen atoms in total. The molecule has 0 aliphatic rings. The van der Waals surface area contributed by atoms with Gasteiger partial charge in [-0.2, -0.15) is 0 Å². The zero-order valence-electron chi connectivity index (χ0n) is 7.59. The van der Waals surface area contributed by atoms with Gasteiger partial charge in [-0.15, -0.1) is 0 Å². The van der Waals surface area contributed by atoms with Gasteiger partial charge in [0.1, 0.15) is 0 Å². The molecule has 1 N–H and O–H groups in total. The summed E-state index contributed by atoms with van der Waals surface area (Å²) < 4.78 is 0. The van der Waals surface area contributed by atoms with Crippen LogP contribution in [0.1, 0.15) is 13.8 Å². The Morgan fingerprint density at radius 3 is 2.27 bits per heavy atom. The number of carbonyl (C=O) groups is 1. The lowest BCUT2D eigenvalue weighted by Gasteiger charge is -2.11. The Kier molecular flexibility index (Phi) is 4.34. The molecule has 0 unspecified atom stereocenters. The van der Waals surface area contributed by atoms with Crippen LogP contribution >= 0.6 is 0 Å². The summed E-state index contributed by atoms with van der Waals surface area (Å²) in [7, 11) is 3.76. The van der Waals surface area contributed by atoms with Crippen molar-refractivity contribution in [3.63, 3.8) is 0 Å². The smallest absolute Gasteiger partial charge is 0.167 e. The third-order valence-corrected chi connectivity index (χ3v) is 0.980. The highest BCUT2D eigenvalue weighted by Crippen LogP contribution is 1.89. The van der Waals surface area contributed by atoms with E-state index < -0.39 is 0 Å². The second-order valence-electron chi connectivity index (χ2n) is 2.96. The SMILES string of the molecule is CC(C)N/C(C=O)=C/N(C)C. The van der Waals surface area contributed by atoms with Gasteiger partial charge < -0.3 is 10.2 Å². The van der Waals surface area contributed by atoms with E-state index in [-0.39, 0.29) is 0 Å². The van der Waals surface area contributed by atoms with Gasteiger partial charge in [0.05, 0.1) is 5.70 Å². The van der Waals surface area contributed by atoms with E-state index in [2.05, 4.69) is 5.32 Å². The molecule has 0 amide bonds. The maximum atomic E-state index is 10.4. The van der Waals surface area contributed by atoms with E-state index in [1.807, 2.05) is 32.8 Å². The molecule has 11 heavy (non-hydrogen) atoms. The summed E-state index contributed by atoms with van der Waals surface area (Å²) in [6.07, 6.45) is 2.58. The maximum absolute atomic E-state index is 10.4. The summed E-state index contributed by atoms with van der Waals surface area (Å²) in [6, 6.07) is 0.298. The Morgan fingerprint density at radius 2 is 2.00 bits per heavy atom. The fourth-order valence-corrected chi connectivity index (χ4v) is 0.713. The molecule has 0 aromatic heterocycles. The van der Waals surface area contributed by atoms with Crippen molar-refractivity contribution >= 4 is 6.29 Å². The van der Waals surface area contributed by atoms with Crippen molar-refractivity contribution in [1.29, 1.82) is 0 Å². The van der Waals surface area contributed by atoms with Gasteiger partial charge in [0.2, 0.25) is 0 Å². The molecular formula is C8H16N2O. The number of nitrogens with one attached hydrogen (secondary N) is 1. The van der Waals surface area contributed by atoms with Crippen LogP contribution in [-0.4, -0.2) is 31.3 Å². The fourth-order valence-electron chi connectivity index (χ4n) is 0.713. The molecule has 64 valence electrons. The zero-order chi connectivity index (χ0) is 8.85. The van der Waals surface area contributed by atoms with E-state index in [0.717, 1.165) is 6.29 Å². The highest BCUT2D eigenvalue weighted by Gasteiger charge is 1.96. The number of aldehydes is 1. The first kappa shape index (κ1) is 10.0. The Labute approximate surface area is 68.1 Å². The maximum Gasteiger partial charge on any atom is 0.167 e. The van der Waals surface area contributed by atoms with Crippen LogP contribution in [-0.2, 0) is 4.79 Å². The Bertz CT molecular complexity index is 150. The van der Waals surface area contributed by atoms with Crippen LogP contribution in [0.25, 0.3) is 0 Å². The zero-order valence-corrected chi connectivity index (χ0v) is 7.59. The number of carbonyl (C=O) groups excluding carboxylic acids is 1. The Hall–Kier alpha value is -0.990. The van der Waals surface area contributed by atoms with Gasteiger partial charge in [-0.1, -0.05) is 0 Å². The van der Waals surface area contributed by atoms with Gasteiger partial charge in [0, 0.05) is 26.3 Å². The predicted octanol–water partition coefficient (Wildman–Crippen LogP) is 0.586. The van der Waals surface area contributed by atoms with Crippen molar-refractivity contribution in [1.82, 2.24) is 10.2 Å². The van der Waals surface area contributed by atoms with E-state index in [0.29, 0.717) is 11.7 Å². The van der Waals surface area contributed by atoms with E-state index in [9.17, 15) is 4.79 Å². The van der Waals surface area contributed by atoms with E-state index in [4.69, 9.17) is 0 Å². The highest BCUT2D eigenvalue weighted by atomic mass is 16.1. The summed E-state index contributed by atoms with van der Waals surface area (Å²) in [4.78, 5) is 12.3. The average molecular weight is 156 g/mol. The minimum Gasteiger partial charge on any atom is -0.382 e. The Balaban J connectivity index is 4.05. The van der Waals surface area contributed by atoms with Crippen LogP contribution in [0, 0.1) is 0 Å². The van der Waals surface area contributed by atoms with E-state index >= 15 is 0 Å². The van der Waals surface area contributed by atoms with Crippen LogP contribution in [0.15, 0.2) is 11.9 Å². The lowest BCUT2D eigenvalue weighted by Crippen LogP contribution is -2.24. The van der Waals surface area contributed by atoms with Gasteiger partial charge in [0.15, 0.2) is 6.29 Å². The number of nitrogens with zero attached hydrogens (tertiary/aromatic N) is 1. The monoisotopic (exact) mass is 156 g/mol. The molecule has 0 bridgehead atoms. The molecule has 0 aromatic rings. The molecule has 0 spiro atoms. The number of hydrogen-bond acceptors (Lipinski definition) is 3. The standard InChI is InChI=1S/C8H16N2O/c1-7(2)9-8(6-11)5-10(3)4/h5-7,9H,1-4H3/b8-5+. The summed E-state index contributed by atoms with van der Waals surface area (Å²) >= 11 is 0. The van der Waals surface area contributed by atoms with Gasteiger partial charge in [-0.3, -0.25) is 4.79 Å². The fraction of sp³-hybridized carbons (Fsp3) is 0.625. The van der Waals surface area contributed by atoms with Crippen molar-refractivity contribution in [3.8, 4) is 0 Å². The number of rotatable bonds is 4. The molecule has 0 aliphatic carbocycles. The molecule has 3 heteroatoms.